The lowest BCUT2D eigenvalue weighted by atomic mass is 10.1. The number of aromatic nitrogens is 2. The lowest BCUT2D eigenvalue weighted by Crippen LogP contribution is -2.41. The molecule has 176 valence electrons. The Morgan fingerprint density at radius 2 is 1.94 bits per heavy atom. The summed E-state index contributed by atoms with van der Waals surface area (Å²) < 4.78 is 26.2. The van der Waals surface area contributed by atoms with E-state index >= 15 is 0 Å². The molecule has 0 unspecified atom stereocenters. The van der Waals surface area contributed by atoms with E-state index in [1.807, 2.05) is 0 Å². The molecule has 33 heavy (non-hydrogen) atoms. The zero-order valence-electron chi connectivity index (χ0n) is 18.5. The highest BCUT2D eigenvalue weighted by atomic mass is 32.1. The summed E-state index contributed by atoms with van der Waals surface area (Å²) in [5.41, 5.74) is 4.58. The van der Waals surface area contributed by atoms with Gasteiger partial charge < -0.3 is 15.2 Å². The maximum absolute atomic E-state index is 13.8. The summed E-state index contributed by atoms with van der Waals surface area (Å²) in [5, 5.41) is 0.152. The minimum absolute atomic E-state index is 0.0452. The quantitative estimate of drug-likeness (QED) is 0.370. The van der Waals surface area contributed by atoms with Crippen LogP contribution in [0.1, 0.15) is 38.9 Å². The number of esters is 1. The van der Waals surface area contributed by atoms with E-state index in [2.05, 4.69) is 0 Å². The predicted octanol–water partition coefficient (Wildman–Crippen LogP) is 2.09. The highest BCUT2D eigenvalue weighted by Crippen LogP contribution is 2.29. The molecule has 0 aliphatic rings. The van der Waals surface area contributed by atoms with E-state index < -0.39 is 35.4 Å². The Labute approximate surface area is 192 Å². The molecule has 0 saturated heterocycles. The van der Waals surface area contributed by atoms with E-state index in [-0.39, 0.29) is 46.1 Å². The molecule has 0 atom stereocenters. The van der Waals surface area contributed by atoms with E-state index in [0.29, 0.717) is 12.0 Å². The lowest BCUT2D eigenvalue weighted by Gasteiger charge is -2.13. The van der Waals surface area contributed by atoms with Crippen LogP contribution in [-0.4, -0.2) is 41.1 Å². The van der Waals surface area contributed by atoms with Crippen molar-refractivity contribution in [3.63, 3.8) is 0 Å². The highest BCUT2D eigenvalue weighted by Gasteiger charge is 2.25. The van der Waals surface area contributed by atoms with Crippen molar-refractivity contribution in [1.29, 1.82) is 0 Å². The van der Waals surface area contributed by atoms with Gasteiger partial charge in [-0.2, -0.15) is 0 Å². The fraction of sp³-hybridized carbons (Fsp3) is 0.364. The number of methoxy groups -OCH3 is 1. The molecule has 2 heterocycles. The van der Waals surface area contributed by atoms with Crippen LogP contribution in [0.15, 0.2) is 27.8 Å². The predicted molar refractivity (Wildman–Crippen MR) is 122 cm³/mol. The standard InChI is InChI=1S/C22H24FN3O6S/c1-4-32-21(29)18-12(2)17-19(28)25(9-5-8-24)22(30)26(20(17)33-18)11-15(27)14-10-13(23)6-7-16(14)31-3/h6-7,10H,4-5,8-9,11,24H2,1-3H3. The van der Waals surface area contributed by atoms with E-state index in [4.69, 9.17) is 15.2 Å². The third kappa shape index (κ3) is 4.60. The Bertz CT molecular complexity index is 1340. The minimum atomic E-state index is -0.721. The number of hydrogen-bond acceptors (Lipinski definition) is 8. The maximum Gasteiger partial charge on any atom is 0.348 e. The van der Waals surface area contributed by atoms with Crippen LogP contribution in [0.3, 0.4) is 0 Å². The summed E-state index contributed by atoms with van der Waals surface area (Å²) in [5.74, 6) is -1.71. The van der Waals surface area contributed by atoms with Gasteiger partial charge in [0.2, 0.25) is 0 Å². The molecule has 1 aromatic carbocycles. The largest absolute Gasteiger partial charge is 0.496 e. The molecule has 0 fully saturated rings. The Morgan fingerprint density at radius 3 is 2.58 bits per heavy atom. The van der Waals surface area contributed by atoms with Crippen LogP contribution >= 0.6 is 11.3 Å². The number of nitrogens with two attached hydrogens (primary N) is 1. The molecule has 2 N–H and O–H groups in total. The maximum atomic E-state index is 13.8. The van der Waals surface area contributed by atoms with Crippen molar-refractivity contribution in [1.82, 2.24) is 9.13 Å². The number of nitrogens with zero attached hydrogens (tertiary/aromatic N) is 2. The number of carbonyl (C=O) groups excluding carboxylic acids is 2. The van der Waals surface area contributed by atoms with Crippen molar-refractivity contribution in [3.05, 3.63) is 60.9 Å². The van der Waals surface area contributed by atoms with Gasteiger partial charge in [0, 0.05) is 6.54 Å². The van der Waals surface area contributed by atoms with Gasteiger partial charge in [0.15, 0.2) is 5.78 Å². The van der Waals surface area contributed by atoms with Gasteiger partial charge in [-0.15, -0.1) is 11.3 Å². The number of hydrogen-bond donors (Lipinski definition) is 1. The number of carbonyl (C=O) groups is 2. The van der Waals surface area contributed by atoms with Crippen molar-refractivity contribution < 1.29 is 23.5 Å². The van der Waals surface area contributed by atoms with Crippen LogP contribution in [0, 0.1) is 12.7 Å². The Hall–Kier alpha value is -3.31. The molecule has 0 radical (unpaired) electrons. The summed E-state index contributed by atoms with van der Waals surface area (Å²) in [6.07, 6.45) is 0.361. The molecule has 3 rings (SSSR count). The first-order valence-corrected chi connectivity index (χ1v) is 11.1. The topological polar surface area (TPSA) is 123 Å². The van der Waals surface area contributed by atoms with Crippen molar-refractivity contribution in [2.75, 3.05) is 20.3 Å². The van der Waals surface area contributed by atoms with Crippen LogP contribution < -0.4 is 21.7 Å². The van der Waals surface area contributed by atoms with Gasteiger partial charge in [-0.1, -0.05) is 0 Å². The second-order valence-corrected chi connectivity index (χ2v) is 8.19. The summed E-state index contributed by atoms with van der Waals surface area (Å²) in [7, 11) is 1.34. The number of ketones is 1. The summed E-state index contributed by atoms with van der Waals surface area (Å²) in [4.78, 5) is 52.2. The number of benzene rings is 1. The monoisotopic (exact) mass is 477 g/mol. The normalized spacial score (nSPS) is 11.1. The Morgan fingerprint density at radius 1 is 1.21 bits per heavy atom. The van der Waals surface area contributed by atoms with Crippen molar-refractivity contribution in [3.8, 4) is 5.75 Å². The average molecular weight is 478 g/mol. The van der Waals surface area contributed by atoms with Crippen molar-refractivity contribution in [2.24, 2.45) is 5.73 Å². The molecular formula is C22H24FN3O6S. The van der Waals surface area contributed by atoms with Gasteiger partial charge >= 0.3 is 11.7 Å². The molecule has 0 aliphatic heterocycles. The molecule has 3 aromatic rings. The van der Waals surface area contributed by atoms with Gasteiger partial charge in [-0.3, -0.25) is 18.7 Å². The molecule has 2 aromatic heterocycles. The van der Waals surface area contributed by atoms with E-state index in [1.54, 1.807) is 13.8 Å². The van der Waals surface area contributed by atoms with Crippen molar-refractivity contribution in [2.45, 2.75) is 33.4 Å². The van der Waals surface area contributed by atoms with Crippen LogP contribution in [-0.2, 0) is 17.8 Å². The average Bonchev–Trinajstić information content (AvgIpc) is 3.14. The van der Waals surface area contributed by atoms with E-state index in [0.717, 1.165) is 32.6 Å². The second-order valence-electron chi connectivity index (χ2n) is 7.19. The van der Waals surface area contributed by atoms with Crippen molar-refractivity contribution >= 4 is 33.3 Å². The number of fused-ring (bicyclic) bond motifs is 1. The van der Waals surface area contributed by atoms with Gasteiger partial charge in [-0.25, -0.2) is 14.0 Å². The zero-order chi connectivity index (χ0) is 24.3. The number of Topliss-reactive ketones (excluding diaryl/α,β-unsaturated/α-hetero) is 1. The number of thiophene rings is 1. The molecule has 11 heteroatoms. The summed E-state index contributed by atoms with van der Waals surface area (Å²) in [6, 6.07) is 3.50. The number of halogens is 1. The number of aryl methyl sites for hydroxylation is 1. The van der Waals surface area contributed by atoms with Crippen LogP contribution in [0.4, 0.5) is 4.39 Å². The summed E-state index contributed by atoms with van der Waals surface area (Å²) in [6.45, 7) is 3.19. The van der Waals surface area contributed by atoms with Crippen LogP contribution in [0.2, 0.25) is 0 Å². The third-order valence-electron chi connectivity index (χ3n) is 5.10. The lowest BCUT2D eigenvalue weighted by molar-refractivity contribution is 0.0531. The second kappa shape index (κ2) is 10.1. The third-order valence-corrected chi connectivity index (χ3v) is 6.40. The van der Waals surface area contributed by atoms with Gasteiger partial charge in [0.1, 0.15) is 21.3 Å². The van der Waals surface area contributed by atoms with E-state index in [1.165, 1.54) is 13.2 Å². The molecule has 0 aliphatic carbocycles. The Kier molecular flexibility index (Phi) is 7.44. The van der Waals surface area contributed by atoms with Crippen LogP contribution in [0.25, 0.3) is 10.2 Å². The zero-order valence-corrected chi connectivity index (χ0v) is 19.3. The first kappa shape index (κ1) is 24.3. The number of ether oxygens (including phenoxy) is 2. The minimum Gasteiger partial charge on any atom is -0.496 e. The fourth-order valence-electron chi connectivity index (χ4n) is 3.50. The molecule has 0 bridgehead atoms. The van der Waals surface area contributed by atoms with Crippen LogP contribution in [0.5, 0.6) is 5.75 Å². The highest BCUT2D eigenvalue weighted by molar-refractivity contribution is 7.20. The molecule has 0 spiro atoms. The van der Waals surface area contributed by atoms with Gasteiger partial charge in [-0.05, 0) is 50.6 Å². The first-order chi connectivity index (χ1) is 15.7. The molecule has 0 saturated carbocycles. The smallest absolute Gasteiger partial charge is 0.348 e. The van der Waals surface area contributed by atoms with Gasteiger partial charge in [0.25, 0.3) is 5.56 Å². The molecular weight excluding hydrogens is 453 g/mol. The number of rotatable bonds is 9. The fourth-order valence-corrected chi connectivity index (χ4v) is 4.68. The molecule has 0 amide bonds. The van der Waals surface area contributed by atoms with Gasteiger partial charge in [0.05, 0.1) is 31.2 Å². The Balaban J connectivity index is 2.25. The first-order valence-electron chi connectivity index (χ1n) is 10.3. The molecule has 9 nitrogen and oxygen atoms in total. The van der Waals surface area contributed by atoms with E-state index in [9.17, 15) is 23.6 Å². The summed E-state index contributed by atoms with van der Waals surface area (Å²) >= 11 is 0.903. The SMILES string of the molecule is CCOC(=O)c1sc2c(c1C)c(=O)n(CCCN)c(=O)n2CC(=O)c1cc(F)ccc1OC.